The van der Waals surface area contributed by atoms with E-state index in [2.05, 4.69) is 276 Å². The summed E-state index contributed by atoms with van der Waals surface area (Å²) in [6, 6.07) is 97.4. The standard InChI is InChI=1S/C66H44N2/c1-4-16-45(17-5-1)50-22-14-23-51(40-50)47-30-32-48(33-31-47)54-34-37-57(49-20-8-3-9-21-49)65(43-54)68-63-29-13-11-27-59(63)61-42-53(36-39-64(61)68)55-35-38-60-58-26-10-12-28-62(58)67(66(60)44-55)56-25-15-24-52(41-56)46-18-6-2-7-19-46/h1-44H. The predicted molar refractivity (Wildman–Crippen MR) is 288 cm³/mol. The van der Waals surface area contributed by atoms with Gasteiger partial charge >= 0.3 is 0 Å². The first-order chi connectivity index (χ1) is 33.7. The van der Waals surface area contributed by atoms with Crippen molar-refractivity contribution >= 4 is 43.6 Å². The summed E-state index contributed by atoms with van der Waals surface area (Å²) in [5, 5.41) is 4.94. The monoisotopic (exact) mass is 864 g/mol. The van der Waals surface area contributed by atoms with Crippen molar-refractivity contribution in [3.63, 3.8) is 0 Å². The van der Waals surface area contributed by atoms with Crippen LogP contribution in [-0.4, -0.2) is 9.13 Å². The van der Waals surface area contributed by atoms with Crippen LogP contribution in [0.15, 0.2) is 267 Å². The van der Waals surface area contributed by atoms with Crippen LogP contribution in [0.3, 0.4) is 0 Å². The van der Waals surface area contributed by atoms with Gasteiger partial charge in [0.05, 0.1) is 27.8 Å². The summed E-state index contributed by atoms with van der Waals surface area (Å²) in [4.78, 5) is 0. The van der Waals surface area contributed by atoms with E-state index in [4.69, 9.17) is 0 Å². The van der Waals surface area contributed by atoms with Crippen LogP contribution >= 0.6 is 0 Å². The topological polar surface area (TPSA) is 9.86 Å². The summed E-state index contributed by atoms with van der Waals surface area (Å²) in [5.74, 6) is 0. The number of nitrogens with zero attached hydrogens (tertiary/aromatic N) is 2. The fraction of sp³-hybridized carbons (Fsp3) is 0. The summed E-state index contributed by atoms with van der Waals surface area (Å²) >= 11 is 0. The second-order valence-electron chi connectivity index (χ2n) is 17.7. The van der Waals surface area contributed by atoms with Crippen LogP contribution in [0.2, 0.25) is 0 Å². The maximum atomic E-state index is 2.48. The molecule has 0 aliphatic heterocycles. The molecule has 0 aliphatic rings. The number of hydrogen-bond acceptors (Lipinski definition) is 0. The highest BCUT2D eigenvalue weighted by Gasteiger charge is 2.19. The molecule has 0 radical (unpaired) electrons. The van der Waals surface area contributed by atoms with Gasteiger partial charge in [-0.2, -0.15) is 0 Å². The zero-order valence-electron chi connectivity index (χ0n) is 37.3. The van der Waals surface area contributed by atoms with Gasteiger partial charge in [-0.25, -0.2) is 0 Å². The fourth-order valence-electron chi connectivity index (χ4n) is 10.4. The molecule has 13 aromatic rings. The van der Waals surface area contributed by atoms with E-state index >= 15 is 0 Å². The van der Waals surface area contributed by atoms with E-state index in [1.165, 1.54) is 110 Å². The molecular formula is C66H44N2. The second kappa shape index (κ2) is 16.5. The van der Waals surface area contributed by atoms with Crippen LogP contribution < -0.4 is 0 Å². The van der Waals surface area contributed by atoms with Crippen LogP contribution in [0, 0.1) is 0 Å². The molecule has 2 aromatic heterocycles. The predicted octanol–water partition coefficient (Wildman–Crippen LogP) is 17.9. The first kappa shape index (κ1) is 39.4. The van der Waals surface area contributed by atoms with Gasteiger partial charge in [0.25, 0.3) is 0 Å². The molecular weight excluding hydrogens is 821 g/mol. The third kappa shape index (κ3) is 6.82. The minimum absolute atomic E-state index is 1.15. The summed E-state index contributed by atoms with van der Waals surface area (Å²) in [6.45, 7) is 0. The van der Waals surface area contributed by atoms with Gasteiger partial charge in [-0.3, -0.25) is 0 Å². The van der Waals surface area contributed by atoms with Gasteiger partial charge in [-0.1, -0.05) is 212 Å². The number of aromatic nitrogens is 2. The Bertz CT molecular complexity index is 3990. The van der Waals surface area contributed by atoms with E-state index in [9.17, 15) is 0 Å². The molecule has 0 spiro atoms. The Morgan fingerprint density at radius 3 is 1.26 bits per heavy atom. The summed E-state index contributed by atoms with van der Waals surface area (Å²) in [7, 11) is 0. The largest absolute Gasteiger partial charge is 0.309 e. The molecule has 0 atom stereocenters. The Labute approximate surface area is 395 Å². The molecule has 0 amide bonds. The molecule has 2 heteroatoms. The summed E-state index contributed by atoms with van der Waals surface area (Å²) in [5.41, 5.74) is 21.4. The van der Waals surface area contributed by atoms with Crippen molar-refractivity contribution in [1.82, 2.24) is 9.13 Å². The van der Waals surface area contributed by atoms with Crippen molar-refractivity contribution in [2.24, 2.45) is 0 Å². The summed E-state index contributed by atoms with van der Waals surface area (Å²) in [6.07, 6.45) is 0. The molecule has 68 heavy (non-hydrogen) atoms. The lowest BCUT2D eigenvalue weighted by molar-refractivity contribution is 1.18. The average Bonchev–Trinajstić information content (AvgIpc) is 3.94. The molecule has 0 N–H and O–H groups in total. The van der Waals surface area contributed by atoms with Gasteiger partial charge in [-0.05, 0) is 116 Å². The molecule has 0 saturated carbocycles. The van der Waals surface area contributed by atoms with Gasteiger partial charge in [0.15, 0.2) is 0 Å². The molecule has 0 saturated heterocycles. The second-order valence-corrected chi connectivity index (χ2v) is 17.7. The smallest absolute Gasteiger partial charge is 0.0547 e. The van der Waals surface area contributed by atoms with E-state index in [1.54, 1.807) is 0 Å². The van der Waals surface area contributed by atoms with Crippen molar-refractivity contribution in [2.45, 2.75) is 0 Å². The third-order valence-corrected chi connectivity index (χ3v) is 13.7. The zero-order chi connectivity index (χ0) is 45.0. The van der Waals surface area contributed by atoms with Gasteiger partial charge in [-0.15, -0.1) is 0 Å². The van der Waals surface area contributed by atoms with Crippen LogP contribution in [0.25, 0.3) is 122 Å². The molecule has 2 nitrogen and oxygen atoms in total. The highest BCUT2D eigenvalue weighted by molar-refractivity contribution is 6.13. The maximum Gasteiger partial charge on any atom is 0.0547 e. The Morgan fingerprint density at radius 2 is 0.603 bits per heavy atom. The average molecular weight is 865 g/mol. The minimum Gasteiger partial charge on any atom is -0.309 e. The first-order valence-corrected chi connectivity index (χ1v) is 23.4. The molecule has 318 valence electrons. The van der Waals surface area contributed by atoms with E-state index in [0.29, 0.717) is 0 Å². The minimum atomic E-state index is 1.15. The van der Waals surface area contributed by atoms with E-state index in [1.807, 2.05) is 0 Å². The molecule has 2 heterocycles. The van der Waals surface area contributed by atoms with Gasteiger partial charge < -0.3 is 9.13 Å². The van der Waals surface area contributed by atoms with Gasteiger partial charge in [0.1, 0.15) is 0 Å². The van der Waals surface area contributed by atoms with E-state index in [0.717, 1.165) is 11.4 Å². The Morgan fingerprint density at radius 1 is 0.191 bits per heavy atom. The Balaban J connectivity index is 0.934. The van der Waals surface area contributed by atoms with Crippen molar-refractivity contribution in [3.8, 4) is 78.1 Å². The van der Waals surface area contributed by atoms with Crippen LogP contribution in [0.5, 0.6) is 0 Å². The van der Waals surface area contributed by atoms with Crippen molar-refractivity contribution in [1.29, 1.82) is 0 Å². The molecule has 13 rings (SSSR count). The molecule has 11 aromatic carbocycles. The normalized spacial score (nSPS) is 11.5. The van der Waals surface area contributed by atoms with Crippen LogP contribution in [-0.2, 0) is 0 Å². The molecule has 0 aliphatic carbocycles. The summed E-state index contributed by atoms with van der Waals surface area (Å²) < 4.78 is 4.91. The lowest BCUT2D eigenvalue weighted by Gasteiger charge is -2.17. The highest BCUT2D eigenvalue weighted by Crippen LogP contribution is 2.42. The van der Waals surface area contributed by atoms with Crippen molar-refractivity contribution < 1.29 is 0 Å². The van der Waals surface area contributed by atoms with Gasteiger partial charge in [0.2, 0.25) is 0 Å². The quantitative estimate of drug-likeness (QED) is 0.144. The van der Waals surface area contributed by atoms with Crippen molar-refractivity contribution in [3.05, 3.63) is 267 Å². The SMILES string of the molecule is c1ccc(-c2cccc(-c3ccc(-c4ccc(-c5ccccc5)c(-n5c6ccccc6c6cc(-c7ccc8c9ccccc9n(-c9cccc(-c%10ccccc%10)c9)c8c7)ccc65)c4)cc3)c2)cc1. The van der Waals surface area contributed by atoms with Crippen molar-refractivity contribution in [2.75, 3.05) is 0 Å². The van der Waals surface area contributed by atoms with E-state index < -0.39 is 0 Å². The van der Waals surface area contributed by atoms with Gasteiger partial charge in [0, 0.05) is 32.8 Å². The Kier molecular flexibility index (Phi) is 9.54. The fourth-order valence-corrected chi connectivity index (χ4v) is 10.4. The van der Waals surface area contributed by atoms with E-state index in [-0.39, 0.29) is 0 Å². The number of rotatable bonds is 8. The molecule has 0 fully saturated rings. The maximum absolute atomic E-state index is 2.48. The van der Waals surface area contributed by atoms with Crippen LogP contribution in [0.1, 0.15) is 0 Å². The number of benzene rings is 11. The molecule has 0 unspecified atom stereocenters. The number of para-hydroxylation sites is 2. The third-order valence-electron chi connectivity index (χ3n) is 13.7. The number of hydrogen-bond donors (Lipinski definition) is 0. The first-order valence-electron chi connectivity index (χ1n) is 23.4. The Hall–Kier alpha value is -8.98. The number of fused-ring (bicyclic) bond motifs is 6. The highest BCUT2D eigenvalue weighted by atomic mass is 15.0. The van der Waals surface area contributed by atoms with Crippen LogP contribution in [0.4, 0.5) is 0 Å². The lowest BCUT2D eigenvalue weighted by Crippen LogP contribution is -1.98. The zero-order valence-corrected chi connectivity index (χ0v) is 37.3. The molecule has 0 bridgehead atoms. The lowest BCUT2D eigenvalue weighted by atomic mass is 9.95.